The van der Waals surface area contributed by atoms with Gasteiger partial charge in [0.1, 0.15) is 0 Å². The Balaban J connectivity index is 2.32. The van der Waals surface area contributed by atoms with Crippen LogP contribution in [0.25, 0.3) is 0 Å². The van der Waals surface area contributed by atoms with Crippen molar-refractivity contribution >= 4 is 21.9 Å². The SMILES string of the molecule is C[C@]12CC[C@@H]([C@@H]1C(=O)O)[C@@]2(C)CBr. The first-order chi connectivity index (χ1) is 5.97. The molecule has 0 aromatic carbocycles. The van der Waals surface area contributed by atoms with Crippen molar-refractivity contribution in [1.29, 1.82) is 0 Å². The van der Waals surface area contributed by atoms with Crippen molar-refractivity contribution in [3.8, 4) is 0 Å². The highest BCUT2D eigenvalue weighted by atomic mass is 79.9. The zero-order valence-electron chi connectivity index (χ0n) is 8.01. The Morgan fingerprint density at radius 1 is 1.62 bits per heavy atom. The molecule has 0 unspecified atom stereocenters. The highest BCUT2D eigenvalue weighted by molar-refractivity contribution is 9.09. The van der Waals surface area contributed by atoms with Crippen molar-refractivity contribution in [2.24, 2.45) is 22.7 Å². The Hall–Kier alpha value is -0.0500. The maximum atomic E-state index is 11.0. The summed E-state index contributed by atoms with van der Waals surface area (Å²) in [5, 5.41) is 10.0. The van der Waals surface area contributed by atoms with Crippen LogP contribution >= 0.6 is 15.9 Å². The van der Waals surface area contributed by atoms with Gasteiger partial charge in [0.2, 0.25) is 0 Å². The minimum Gasteiger partial charge on any atom is -0.481 e. The second-order valence-electron chi connectivity index (χ2n) is 4.93. The van der Waals surface area contributed by atoms with E-state index < -0.39 is 5.97 Å². The Bertz CT molecular complexity index is 266. The van der Waals surface area contributed by atoms with E-state index in [-0.39, 0.29) is 16.7 Å². The summed E-state index contributed by atoms with van der Waals surface area (Å²) in [4.78, 5) is 11.0. The van der Waals surface area contributed by atoms with Crippen molar-refractivity contribution in [3.05, 3.63) is 0 Å². The molecule has 3 aliphatic carbocycles. The highest BCUT2D eigenvalue weighted by Crippen LogP contribution is 2.74. The molecule has 0 amide bonds. The molecule has 3 fully saturated rings. The Morgan fingerprint density at radius 2 is 2.23 bits per heavy atom. The van der Waals surface area contributed by atoms with Crippen molar-refractivity contribution in [2.75, 3.05) is 5.33 Å². The molecule has 0 spiro atoms. The van der Waals surface area contributed by atoms with Crippen LogP contribution in [0.1, 0.15) is 26.7 Å². The summed E-state index contributed by atoms with van der Waals surface area (Å²) in [6.07, 6.45) is 2.17. The molecule has 2 nitrogen and oxygen atoms in total. The van der Waals surface area contributed by atoms with Gasteiger partial charge in [-0.3, -0.25) is 4.79 Å². The number of carboxylic acids is 1. The van der Waals surface area contributed by atoms with Gasteiger partial charge in [0, 0.05) is 5.33 Å². The van der Waals surface area contributed by atoms with Gasteiger partial charge in [0.15, 0.2) is 0 Å². The lowest BCUT2D eigenvalue weighted by Crippen LogP contribution is -2.60. The summed E-state index contributed by atoms with van der Waals surface area (Å²) in [5.74, 6) is -0.284. The number of hydrogen-bond donors (Lipinski definition) is 1. The number of hydrogen-bond acceptors (Lipinski definition) is 1. The quantitative estimate of drug-likeness (QED) is 0.761. The van der Waals surface area contributed by atoms with Crippen molar-refractivity contribution in [3.63, 3.8) is 0 Å². The number of carboxylic acid groups (broad SMARTS) is 1. The molecule has 13 heavy (non-hydrogen) atoms. The van der Waals surface area contributed by atoms with E-state index in [1.165, 1.54) is 0 Å². The van der Waals surface area contributed by atoms with E-state index in [0.717, 1.165) is 18.2 Å². The molecule has 1 N–H and O–H groups in total. The lowest BCUT2D eigenvalue weighted by molar-refractivity contribution is -0.176. The van der Waals surface area contributed by atoms with Crippen LogP contribution in [0.5, 0.6) is 0 Å². The Labute approximate surface area is 86.8 Å². The Morgan fingerprint density at radius 3 is 2.54 bits per heavy atom. The zero-order chi connectivity index (χ0) is 9.85. The molecule has 0 heterocycles. The van der Waals surface area contributed by atoms with Crippen molar-refractivity contribution in [2.45, 2.75) is 26.7 Å². The van der Waals surface area contributed by atoms with Crippen LogP contribution in [0.4, 0.5) is 0 Å². The molecule has 0 aromatic heterocycles. The monoisotopic (exact) mass is 246 g/mol. The predicted molar refractivity (Wildman–Crippen MR) is 53.9 cm³/mol. The first-order valence-corrected chi connectivity index (χ1v) is 5.88. The van der Waals surface area contributed by atoms with Gasteiger partial charge >= 0.3 is 5.97 Å². The van der Waals surface area contributed by atoms with Gasteiger partial charge in [-0.1, -0.05) is 29.8 Å². The van der Waals surface area contributed by atoms with Crippen molar-refractivity contribution < 1.29 is 9.90 Å². The van der Waals surface area contributed by atoms with Crippen LogP contribution in [0.15, 0.2) is 0 Å². The zero-order valence-corrected chi connectivity index (χ0v) is 9.60. The van der Waals surface area contributed by atoms with E-state index in [2.05, 4.69) is 29.8 Å². The van der Waals surface area contributed by atoms with E-state index >= 15 is 0 Å². The number of alkyl halides is 1. The van der Waals surface area contributed by atoms with Gasteiger partial charge in [-0.25, -0.2) is 0 Å². The second-order valence-corrected chi connectivity index (χ2v) is 5.49. The average molecular weight is 247 g/mol. The molecule has 74 valence electrons. The van der Waals surface area contributed by atoms with Crippen LogP contribution in [-0.4, -0.2) is 16.4 Å². The number of aliphatic carboxylic acids is 1. The van der Waals surface area contributed by atoms with Crippen LogP contribution in [0.3, 0.4) is 0 Å². The van der Waals surface area contributed by atoms with Crippen LogP contribution in [-0.2, 0) is 4.79 Å². The molecule has 3 aliphatic rings. The molecule has 0 aromatic rings. The number of rotatable bonds is 2. The summed E-state index contributed by atoms with van der Waals surface area (Å²) in [6, 6.07) is 0. The smallest absolute Gasteiger partial charge is 0.307 e. The fraction of sp³-hybridized carbons (Fsp3) is 0.900. The van der Waals surface area contributed by atoms with Gasteiger partial charge in [0.05, 0.1) is 5.92 Å². The maximum absolute atomic E-state index is 11.0. The lowest BCUT2D eigenvalue weighted by atomic mass is 9.45. The fourth-order valence-electron chi connectivity index (χ4n) is 3.57. The van der Waals surface area contributed by atoms with E-state index in [0.29, 0.717) is 5.92 Å². The standard InChI is InChI=1S/C10H15BrO2/c1-9-4-3-6(7(9)8(12)13)10(9,2)5-11/h6-7H,3-5H2,1-2H3,(H,12,13)/t6-,7+,9-,10+/m0/s1. The molecule has 0 saturated heterocycles. The predicted octanol–water partition coefficient (Wildman–Crippen LogP) is 2.52. The number of fused-ring (bicyclic) bond motifs is 1. The van der Waals surface area contributed by atoms with Crippen LogP contribution < -0.4 is 0 Å². The summed E-state index contributed by atoms with van der Waals surface area (Å²) >= 11 is 3.52. The van der Waals surface area contributed by atoms with E-state index in [1.54, 1.807) is 0 Å². The first-order valence-electron chi connectivity index (χ1n) is 4.76. The third-order valence-corrected chi connectivity index (χ3v) is 5.90. The first kappa shape index (κ1) is 9.50. The number of carbonyl (C=O) groups is 1. The third kappa shape index (κ3) is 0.821. The normalized spacial score (nSPS) is 53.2. The van der Waals surface area contributed by atoms with Gasteiger partial charge in [-0.2, -0.15) is 0 Å². The summed E-state index contributed by atoms with van der Waals surface area (Å²) < 4.78 is 0. The number of halogens is 1. The van der Waals surface area contributed by atoms with Crippen LogP contribution in [0.2, 0.25) is 0 Å². The third-order valence-electron chi connectivity index (χ3n) is 4.73. The van der Waals surface area contributed by atoms with E-state index in [4.69, 9.17) is 5.11 Å². The molecule has 3 heteroatoms. The molecule has 4 atom stereocenters. The maximum Gasteiger partial charge on any atom is 0.307 e. The van der Waals surface area contributed by atoms with Crippen LogP contribution in [0, 0.1) is 22.7 Å². The minimum atomic E-state index is -0.594. The lowest BCUT2D eigenvalue weighted by Gasteiger charge is -2.59. The van der Waals surface area contributed by atoms with Crippen molar-refractivity contribution in [1.82, 2.24) is 0 Å². The largest absolute Gasteiger partial charge is 0.481 e. The average Bonchev–Trinajstić information content (AvgIpc) is 2.54. The topological polar surface area (TPSA) is 37.3 Å². The molecule has 3 saturated carbocycles. The van der Waals surface area contributed by atoms with Gasteiger partial charge < -0.3 is 5.11 Å². The summed E-state index contributed by atoms with van der Waals surface area (Å²) in [6.45, 7) is 4.36. The minimum absolute atomic E-state index is 0.0347. The molecular formula is C10H15BrO2. The van der Waals surface area contributed by atoms with Gasteiger partial charge in [0.25, 0.3) is 0 Å². The summed E-state index contributed by atoms with van der Waals surface area (Å²) in [5.41, 5.74) is 0.253. The molecule has 0 radical (unpaired) electrons. The molecule has 2 bridgehead atoms. The fourth-order valence-corrected chi connectivity index (χ4v) is 4.63. The molecule has 0 aliphatic heterocycles. The van der Waals surface area contributed by atoms with E-state index in [1.807, 2.05) is 0 Å². The Kier molecular flexibility index (Phi) is 1.83. The summed E-state index contributed by atoms with van der Waals surface area (Å²) in [7, 11) is 0. The van der Waals surface area contributed by atoms with E-state index in [9.17, 15) is 4.79 Å². The molecular weight excluding hydrogens is 232 g/mol. The highest BCUT2D eigenvalue weighted by Gasteiger charge is 2.72. The van der Waals surface area contributed by atoms with Gasteiger partial charge in [-0.15, -0.1) is 0 Å². The molecule has 3 rings (SSSR count). The van der Waals surface area contributed by atoms with Gasteiger partial charge in [-0.05, 0) is 29.6 Å². The second kappa shape index (κ2) is 2.50.